The van der Waals surface area contributed by atoms with Crippen LogP contribution in [0.4, 0.5) is 11.5 Å². The summed E-state index contributed by atoms with van der Waals surface area (Å²) in [6.45, 7) is 9.36. The summed E-state index contributed by atoms with van der Waals surface area (Å²) >= 11 is 0. The maximum absolute atomic E-state index is 10.8. The van der Waals surface area contributed by atoms with Crippen LogP contribution in [0, 0.1) is 17.0 Å². The molecule has 1 atom stereocenters. The number of rotatable bonds is 7. The Morgan fingerprint density at radius 3 is 2.42 bits per heavy atom. The molecule has 1 aromatic carbocycles. The summed E-state index contributed by atoms with van der Waals surface area (Å²) in [5.74, 6) is 0.392. The average molecular weight is 348 g/mol. The number of ether oxygens (including phenoxy) is 1. The molecule has 0 fully saturated rings. The van der Waals surface area contributed by atoms with Crippen molar-refractivity contribution in [3.63, 3.8) is 0 Å². The van der Waals surface area contributed by atoms with Crippen molar-refractivity contribution in [1.29, 1.82) is 0 Å². The number of non-ortho nitro benzene ring substituents is 1. The molecule has 0 saturated heterocycles. The van der Waals surface area contributed by atoms with E-state index in [1.165, 1.54) is 12.1 Å². The van der Waals surface area contributed by atoms with Crippen LogP contribution in [-0.4, -0.2) is 29.8 Å². The maximum atomic E-state index is 10.8. The van der Waals surface area contributed by atoms with Crippen molar-refractivity contribution in [2.24, 2.45) is 0 Å². The molecule has 3 N–H and O–H groups in total. The molecule has 0 aliphatic rings. The van der Waals surface area contributed by atoms with Gasteiger partial charge in [-0.15, -0.1) is 0 Å². The third-order valence-electron chi connectivity index (χ3n) is 3.83. The minimum absolute atomic E-state index is 0.0523. The zero-order valence-electron chi connectivity index (χ0n) is 14.5. The zero-order chi connectivity index (χ0) is 17.9. The van der Waals surface area contributed by atoms with Crippen LogP contribution in [0.2, 0.25) is 25.7 Å². The maximum Gasteiger partial charge on any atom is 0.269 e. The quantitative estimate of drug-likeness (QED) is 0.451. The second-order valence-corrected chi connectivity index (χ2v) is 12.7. The first-order valence-corrected chi connectivity index (χ1v) is 11.6. The molecule has 1 aromatic heterocycles. The molecule has 0 aliphatic heterocycles. The number of H-pyrrole nitrogens is 1. The minimum atomic E-state index is -1.23. The highest BCUT2D eigenvalue weighted by Gasteiger charge is 2.24. The van der Waals surface area contributed by atoms with Crippen molar-refractivity contribution in [1.82, 2.24) is 10.2 Å². The van der Waals surface area contributed by atoms with Gasteiger partial charge in [-0.3, -0.25) is 15.2 Å². The number of hydrogen-bond acceptors (Lipinski definition) is 5. The lowest BCUT2D eigenvalue weighted by Crippen LogP contribution is -2.22. The smallest absolute Gasteiger partial charge is 0.269 e. The summed E-state index contributed by atoms with van der Waals surface area (Å²) in [6, 6.07) is 7.41. The highest BCUT2D eigenvalue weighted by molar-refractivity contribution is 6.76. The van der Waals surface area contributed by atoms with Gasteiger partial charge in [0.25, 0.3) is 5.69 Å². The molecular formula is C16H24N4O3Si. The van der Waals surface area contributed by atoms with Crippen molar-refractivity contribution < 1.29 is 9.66 Å². The Morgan fingerprint density at radius 1 is 1.33 bits per heavy atom. The van der Waals surface area contributed by atoms with Gasteiger partial charge in [-0.05, 0) is 30.7 Å². The number of nitrogen functional groups attached to an aromatic ring is 1. The molecule has 1 heterocycles. The van der Waals surface area contributed by atoms with Gasteiger partial charge in [0.15, 0.2) is 5.82 Å². The van der Waals surface area contributed by atoms with Gasteiger partial charge < -0.3 is 10.5 Å². The summed E-state index contributed by atoms with van der Waals surface area (Å²) < 4.78 is 6.14. The van der Waals surface area contributed by atoms with E-state index in [2.05, 4.69) is 29.8 Å². The highest BCUT2D eigenvalue weighted by atomic mass is 28.3. The third kappa shape index (κ3) is 4.42. The van der Waals surface area contributed by atoms with Gasteiger partial charge in [-0.1, -0.05) is 19.6 Å². The van der Waals surface area contributed by atoms with Crippen molar-refractivity contribution in [3.05, 3.63) is 51.2 Å². The van der Waals surface area contributed by atoms with E-state index in [1.807, 2.05) is 6.92 Å². The van der Waals surface area contributed by atoms with Crippen molar-refractivity contribution in [3.8, 4) is 0 Å². The van der Waals surface area contributed by atoms with Crippen molar-refractivity contribution in [2.45, 2.75) is 38.7 Å². The first kappa shape index (κ1) is 18.1. The average Bonchev–Trinajstić information content (AvgIpc) is 2.82. The van der Waals surface area contributed by atoms with Crippen LogP contribution < -0.4 is 5.73 Å². The Morgan fingerprint density at radius 2 is 1.96 bits per heavy atom. The molecule has 130 valence electrons. The predicted molar refractivity (Wildman–Crippen MR) is 96.8 cm³/mol. The fourth-order valence-electron chi connectivity index (χ4n) is 2.39. The molecule has 0 spiro atoms. The van der Waals surface area contributed by atoms with Gasteiger partial charge in [0.05, 0.1) is 4.92 Å². The number of nitro groups is 1. The number of nitrogens with one attached hydrogen (secondary N) is 1. The standard InChI is InChI=1S/C16H24N4O3Si/c1-11-14(16(17)19-18-11)15(23-9-10-24(2,3)4)12-5-7-13(8-6-12)20(21)22/h5-8,15H,9-10H2,1-4H3,(H3,17,18,19). The number of aromatic nitrogens is 2. The molecule has 8 heteroatoms. The summed E-state index contributed by atoms with van der Waals surface area (Å²) in [6.07, 6.45) is -0.388. The lowest BCUT2D eigenvalue weighted by atomic mass is 10.0. The van der Waals surface area contributed by atoms with Crippen LogP contribution in [0.15, 0.2) is 24.3 Å². The monoisotopic (exact) mass is 348 g/mol. The van der Waals surface area contributed by atoms with E-state index in [-0.39, 0.29) is 11.8 Å². The number of nitrogens with two attached hydrogens (primary N) is 1. The van der Waals surface area contributed by atoms with Gasteiger partial charge in [-0.2, -0.15) is 5.10 Å². The largest absolute Gasteiger partial charge is 0.382 e. The number of nitrogens with zero attached hydrogens (tertiary/aromatic N) is 2. The molecule has 7 nitrogen and oxygen atoms in total. The lowest BCUT2D eigenvalue weighted by Gasteiger charge is -2.22. The molecule has 2 rings (SSSR count). The van der Waals surface area contributed by atoms with Crippen LogP contribution in [0.25, 0.3) is 0 Å². The summed E-state index contributed by atoms with van der Waals surface area (Å²) in [4.78, 5) is 10.4. The first-order chi connectivity index (χ1) is 11.2. The molecule has 1 unspecified atom stereocenters. The second-order valence-electron chi connectivity index (χ2n) is 7.06. The molecule has 2 aromatic rings. The van der Waals surface area contributed by atoms with E-state index in [4.69, 9.17) is 10.5 Å². The van der Waals surface area contributed by atoms with E-state index < -0.39 is 13.0 Å². The molecule has 0 radical (unpaired) electrons. The number of anilines is 1. The second kappa shape index (κ2) is 7.14. The zero-order valence-corrected chi connectivity index (χ0v) is 15.5. The Labute approximate surface area is 142 Å². The minimum Gasteiger partial charge on any atom is -0.382 e. The fourth-order valence-corrected chi connectivity index (χ4v) is 3.12. The summed E-state index contributed by atoms with van der Waals surface area (Å²) in [5.41, 5.74) is 8.50. The van der Waals surface area contributed by atoms with E-state index in [9.17, 15) is 10.1 Å². The summed E-state index contributed by atoms with van der Waals surface area (Å²) in [7, 11) is -1.23. The highest BCUT2D eigenvalue weighted by Crippen LogP contribution is 2.32. The Kier molecular flexibility index (Phi) is 5.40. The molecule has 0 bridgehead atoms. The number of benzene rings is 1. The Hall–Kier alpha value is -2.19. The van der Waals surface area contributed by atoms with Crippen LogP contribution in [-0.2, 0) is 4.74 Å². The summed E-state index contributed by atoms with van der Waals surface area (Å²) in [5, 5.41) is 17.8. The number of aromatic amines is 1. The topological polar surface area (TPSA) is 107 Å². The third-order valence-corrected chi connectivity index (χ3v) is 5.53. The van der Waals surface area contributed by atoms with E-state index in [1.54, 1.807) is 12.1 Å². The fraction of sp³-hybridized carbons (Fsp3) is 0.438. The molecule has 0 saturated carbocycles. The van der Waals surface area contributed by atoms with Crippen molar-refractivity contribution >= 4 is 19.6 Å². The first-order valence-electron chi connectivity index (χ1n) is 7.85. The van der Waals surface area contributed by atoms with Gasteiger partial charge in [0, 0.05) is 38.1 Å². The van der Waals surface area contributed by atoms with Crippen LogP contribution in [0.5, 0.6) is 0 Å². The van der Waals surface area contributed by atoms with Crippen LogP contribution >= 0.6 is 0 Å². The van der Waals surface area contributed by atoms with E-state index >= 15 is 0 Å². The van der Waals surface area contributed by atoms with Crippen LogP contribution in [0.1, 0.15) is 22.9 Å². The Bertz CT molecular complexity index is 688. The molecular weight excluding hydrogens is 324 g/mol. The predicted octanol–water partition coefficient (Wildman–Crippen LogP) is 3.65. The Balaban J connectivity index is 2.30. The number of aryl methyl sites for hydroxylation is 1. The molecule has 0 amide bonds. The number of hydrogen-bond donors (Lipinski definition) is 2. The van der Waals surface area contributed by atoms with Gasteiger partial charge in [-0.25, -0.2) is 0 Å². The SMILES string of the molecule is Cc1[nH]nc(N)c1C(OCC[Si](C)(C)C)c1ccc([N+](=O)[O-])cc1. The van der Waals surface area contributed by atoms with Crippen molar-refractivity contribution in [2.75, 3.05) is 12.3 Å². The number of nitro benzene ring substituents is 1. The lowest BCUT2D eigenvalue weighted by molar-refractivity contribution is -0.384. The molecule has 0 aliphatic carbocycles. The molecule has 24 heavy (non-hydrogen) atoms. The van der Waals surface area contributed by atoms with Crippen LogP contribution in [0.3, 0.4) is 0 Å². The van der Waals surface area contributed by atoms with E-state index in [0.717, 1.165) is 22.9 Å². The van der Waals surface area contributed by atoms with Gasteiger partial charge in [0.1, 0.15) is 6.10 Å². The van der Waals surface area contributed by atoms with Gasteiger partial charge >= 0.3 is 0 Å². The van der Waals surface area contributed by atoms with E-state index in [0.29, 0.717) is 12.4 Å². The normalized spacial score (nSPS) is 13.0. The van der Waals surface area contributed by atoms with Gasteiger partial charge in [0.2, 0.25) is 0 Å².